The Morgan fingerprint density at radius 3 is 2.68 bits per heavy atom. The fourth-order valence-electron chi connectivity index (χ4n) is 7.88. The number of carbonyl (C=O) groups is 1. The number of hydrogen-bond acceptors (Lipinski definition) is 5. The highest BCUT2D eigenvalue weighted by Gasteiger charge is 2.45. The van der Waals surface area contributed by atoms with Crippen molar-refractivity contribution in [2.45, 2.75) is 88.8 Å². The highest BCUT2D eigenvalue weighted by molar-refractivity contribution is 7.90. The number of rotatable bonds is 1. The molecule has 7 heteroatoms. The highest BCUT2D eigenvalue weighted by Crippen LogP contribution is 2.48. The van der Waals surface area contributed by atoms with Gasteiger partial charge >= 0.3 is 0 Å². The average Bonchev–Trinajstić information content (AvgIpc) is 3.08. The molecule has 2 heterocycles. The third-order valence-corrected chi connectivity index (χ3v) is 12.4. The predicted octanol–water partition coefficient (Wildman–Crippen LogP) is 6.40. The molecule has 2 aromatic carbocycles. The number of fused-ring (bicyclic) bond motifs is 4. The van der Waals surface area contributed by atoms with Crippen LogP contribution in [-0.4, -0.2) is 38.8 Å². The third-order valence-electron chi connectivity index (χ3n) is 10.4. The molecule has 1 amide bonds. The van der Waals surface area contributed by atoms with Crippen LogP contribution in [0.1, 0.15) is 87.2 Å². The molecular formula is C34H44N2O4S. The fourth-order valence-corrected chi connectivity index (χ4v) is 9.57. The van der Waals surface area contributed by atoms with Crippen LogP contribution < -0.4 is 14.4 Å². The number of nitrogens with one attached hydrogen (secondary N) is 1. The van der Waals surface area contributed by atoms with Crippen molar-refractivity contribution < 1.29 is 17.9 Å². The van der Waals surface area contributed by atoms with Gasteiger partial charge in [-0.05, 0) is 105 Å². The summed E-state index contributed by atoms with van der Waals surface area (Å²) < 4.78 is 35.8. The second-order valence-corrected chi connectivity index (χ2v) is 15.1. The number of allylic oxidation sites excluding steroid dienone is 2. The van der Waals surface area contributed by atoms with E-state index in [0.29, 0.717) is 36.8 Å². The minimum absolute atomic E-state index is 0.102. The molecule has 4 aliphatic rings. The Hall–Kier alpha value is -2.80. The summed E-state index contributed by atoms with van der Waals surface area (Å²) in [6, 6.07) is 14.5. The number of anilines is 1. The van der Waals surface area contributed by atoms with Crippen LogP contribution >= 0.6 is 0 Å². The Morgan fingerprint density at radius 1 is 1.07 bits per heavy atom. The smallest absolute Gasteiger partial charge is 0.264 e. The van der Waals surface area contributed by atoms with Gasteiger partial charge in [-0.1, -0.05) is 50.3 Å². The molecule has 2 aliphatic heterocycles. The molecule has 41 heavy (non-hydrogen) atoms. The van der Waals surface area contributed by atoms with Gasteiger partial charge in [-0.3, -0.25) is 4.79 Å². The molecule has 0 radical (unpaired) electrons. The van der Waals surface area contributed by atoms with Crippen LogP contribution in [0.25, 0.3) is 0 Å². The van der Waals surface area contributed by atoms with Gasteiger partial charge in [0, 0.05) is 23.6 Å². The second-order valence-electron chi connectivity index (χ2n) is 13.2. The normalized spacial score (nSPS) is 32.1. The molecule has 0 saturated heterocycles. The van der Waals surface area contributed by atoms with Gasteiger partial charge in [0.1, 0.15) is 5.75 Å². The standard InChI is InChI=1S/C34H44N2O4S/c1-23(2)32-14-6-4-5-10-25-15-17-28(25)24(3)36-21-34(19-9-12-26-11-7-8-13-29(26)34)22-40-31-18-16-27(20-30(31)36)33(37)35-41(32,38)39/h4-5,7-8,11,13,16,18,20,23-25,28,32H,6,9-10,12,14-15,17,19,21-22H2,1-3H3,(H,35,37)/b5-4-. The zero-order valence-electron chi connectivity index (χ0n) is 24.6. The van der Waals surface area contributed by atoms with Crippen molar-refractivity contribution in [3.63, 3.8) is 0 Å². The van der Waals surface area contributed by atoms with Crippen molar-refractivity contribution in [1.29, 1.82) is 0 Å². The predicted molar refractivity (Wildman–Crippen MR) is 164 cm³/mol. The molecule has 1 spiro atoms. The Balaban J connectivity index is 1.43. The number of amides is 1. The van der Waals surface area contributed by atoms with Gasteiger partial charge < -0.3 is 9.64 Å². The molecule has 2 aliphatic carbocycles. The maximum absolute atomic E-state index is 13.5. The van der Waals surface area contributed by atoms with E-state index in [9.17, 15) is 13.2 Å². The number of sulfonamides is 1. The third kappa shape index (κ3) is 5.31. The largest absolute Gasteiger partial charge is 0.490 e. The van der Waals surface area contributed by atoms with Gasteiger partial charge in [0.05, 0.1) is 17.5 Å². The van der Waals surface area contributed by atoms with Crippen molar-refractivity contribution in [1.82, 2.24) is 4.72 Å². The summed E-state index contributed by atoms with van der Waals surface area (Å²) in [6.45, 7) is 7.57. The molecule has 2 bridgehead atoms. The Morgan fingerprint density at radius 2 is 1.90 bits per heavy atom. The van der Waals surface area contributed by atoms with E-state index in [1.54, 1.807) is 6.07 Å². The van der Waals surface area contributed by atoms with Crippen LogP contribution in [0.5, 0.6) is 5.75 Å². The first kappa shape index (κ1) is 28.3. The highest BCUT2D eigenvalue weighted by atomic mass is 32.2. The lowest BCUT2D eigenvalue weighted by Crippen LogP contribution is -2.52. The van der Waals surface area contributed by atoms with Crippen molar-refractivity contribution >= 4 is 21.6 Å². The van der Waals surface area contributed by atoms with Gasteiger partial charge in [-0.2, -0.15) is 0 Å². The van der Waals surface area contributed by atoms with Gasteiger partial charge in [0.15, 0.2) is 0 Å². The summed E-state index contributed by atoms with van der Waals surface area (Å²) >= 11 is 0. The summed E-state index contributed by atoms with van der Waals surface area (Å²) in [5.74, 6) is 1.25. The molecule has 6 rings (SSSR count). The van der Waals surface area contributed by atoms with E-state index < -0.39 is 21.2 Å². The molecule has 1 N–H and O–H groups in total. The topological polar surface area (TPSA) is 75.7 Å². The Bertz CT molecular complexity index is 1430. The van der Waals surface area contributed by atoms with E-state index in [-0.39, 0.29) is 17.4 Å². The monoisotopic (exact) mass is 576 g/mol. The van der Waals surface area contributed by atoms with E-state index in [1.807, 2.05) is 26.0 Å². The van der Waals surface area contributed by atoms with Crippen LogP contribution in [0.2, 0.25) is 0 Å². The lowest BCUT2D eigenvalue weighted by molar-refractivity contribution is 0.0980. The van der Waals surface area contributed by atoms with Crippen LogP contribution in [0.4, 0.5) is 5.69 Å². The fraction of sp³-hybridized carbons (Fsp3) is 0.559. The van der Waals surface area contributed by atoms with Crippen LogP contribution in [0, 0.1) is 17.8 Å². The van der Waals surface area contributed by atoms with Gasteiger partial charge in [0.25, 0.3) is 5.91 Å². The summed E-state index contributed by atoms with van der Waals surface area (Å²) in [5, 5.41) is -0.632. The first-order valence-corrected chi connectivity index (χ1v) is 17.1. The van der Waals surface area contributed by atoms with Crippen LogP contribution in [0.15, 0.2) is 54.6 Å². The summed E-state index contributed by atoms with van der Waals surface area (Å²) in [6.07, 6.45) is 12.3. The first-order chi connectivity index (χ1) is 19.7. The second kappa shape index (κ2) is 11.1. The molecule has 1 fully saturated rings. The summed E-state index contributed by atoms with van der Waals surface area (Å²) in [7, 11) is -3.84. The van der Waals surface area contributed by atoms with Gasteiger partial charge in [0.2, 0.25) is 10.0 Å². The van der Waals surface area contributed by atoms with Crippen molar-refractivity contribution in [2.24, 2.45) is 17.8 Å². The quantitative estimate of drug-likeness (QED) is 0.398. The molecule has 2 aromatic rings. The van der Waals surface area contributed by atoms with Gasteiger partial charge in [-0.25, -0.2) is 13.1 Å². The summed E-state index contributed by atoms with van der Waals surface area (Å²) in [4.78, 5) is 16.0. The van der Waals surface area contributed by atoms with E-state index in [1.165, 1.54) is 24.0 Å². The minimum Gasteiger partial charge on any atom is -0.490 e. The number of carbonyl (C=O) groups excluding carboxylic acids is 1. The molecule has 220 valence electrons. The summed E-state index contributed by atoms with van der Waals surface area (Å²) in [5.41, 5.74) is 3.91. The zero-order chi connectivity index (χ0) is 28.8. The number of aryl methyl sites for hydroxylation is 1. The minimum atomic E-state index is -3.84. The Kier molecular flexibility index (Phi) is 7.68. The van der Waals surface area contributed by atoms with Crippen molar-refractivity contribution in [2.75, 3.05) is 18.1 Å². The van der Waals surface area contributed by atoms with Gasteiger partial charge in [-0.15, -0.1) is 0 Å². The SMILES string of the molecule is CC(C)C1CC/C=C\CC2CCC2C(C)N2CC3(CCCc4ccccc43)COc3ccc(cc32)C(=O)NS1(=O)=O. The number of ether oxygens (including phenoxy) is 1. The first-order valence-electron chi connectivity index (χ1n) is 15.5. The van der Waals surface area contributed by atoms with Crippen LogP contribution in [-0.2, 0) is 21.9 Å². The molecule has 6 nitrogen and oxygen atoms in total. The maximum atomic E-state index is 13.5. The molecule has 1 saturated carbocycles. The maximum Gasteiger partial charge on any atom is 0.264 e. The van der Waals surface area contributed by atoms with Crippen molar-refractivity contribution in [3.8, 4) is 5.75 Å². The lowest BCUT2D eigenvalue weighted by Gasteiger charge is -2.48. The Labute approximate surface area is 245 Å². The van der Waals surface area contributed by atoms with Crippen molar-refractivity contribution in [3.05, 3.63) is 71.3 Å². The van der Waals surface area contributed by atoms with Crippen LogP contribution in [0.3, 0.4) is 0 Å². The number of hydrogen-bond donors (Lipinski definition) is 1. The van der Waals surface area contributed by atoms with E-state index in [0.717, 1.165) is 43.7 Å². The molecule has 5 unspecified atom stereocenters. The van der Waals surface area contributed by atoms with E-state index in [2.05, 4.69) is 53.0 Å². The average molecular weight is 577 g/mol. The molecule has 0 aromatic heterocycles. The zero-order valence-corrected chi connectivity index (χ0v) is 25.5. The number of nitrogens with zero attached hydrogens (tertiary/aromatic N) is 1. The lowest BCUT2D eigenvalue weighted by atomic mass is 9.66. The molecular weight excluding hydrogens is 532 g/mol. The van der Waals surface area contributed by atoms with E-state index >= 15 is 0 Å². The number of benzene rings is 2. The molecule has 5 atom stereocenters. The van der Waals surface area contributed by atoms with E-state index in [4.69, 9.17) is 4.74 Å².